The Kier molecular flexibility index (Phi) is 7.80. The zero-order valence-electron chi connectivity index (χ0n) is 17.3. The molecule has 2 unspecified atom stereocenters. The lowest BCUT2D eigenvalue weighted by Crippen LogP contribution is -2.43. The van der Waals surface area contributed by atoms with Gasteiger partial charge in [-0.25, -0.2) is 0 Å². The summed E-state index contributed by atoms with van der Waals surface area (Å²) < 4.78 is 0. The minimum atomic E-state index is -1.13. The molecule has 1 aromatic carbocycles. The Hall–Kier alpha value is -2.72. The third kappa shape index (κ3) is 4.80. The highest BCUT2D eigenvalue weighted by atomic mass is 16.3. The normalized spacial score (nSPS) is 20.1. The van der Waals surface area contributed by atoms with Gasteiger partial charge in [0.2, 0.25) is 0 Å². The standard InChI is InChI=1S/C22H29N3O6/c26-12-8-23-6-10-25(11-7-24-9-13-27)15-3-1-2-14-18(15)22(31)20-17(29)5-4-16(28)19(20)21(14)30/h1-5,19-20,23-24,26-29H,6-13H2. The summed E-state index contributed by atoms with van der Waals surface area (Å²) in [5.41, 5.74) is 1.05. The lowest BCUT2D eigenvalue weighted by molar-refractivity contribution is 0.0709. The van der Waals surface area contributed by atoms with Gasteiger partial charge >= 0.3 is 0 Å². The predicted molar refractivity (Wildman–Crippen MR) is 116 cm³/mol. The molecule has 2 atom stereocenters. The average molecular weight is 431 g/mol. The summed E-state index contributed by atoms with van der Waals surface area (Å²) in [6.45, 7) is 3.03. The first-order valence-electron chi connectivity index (χ1n) is 10.4. The van der Waals surface area contributed by atoms with Crippen LogP contribution in [-0.2, 0) is 0 Å². The molecule has 6 N–H and O–H groups in total. The van der Waals surface area contributed by atoms with Crippen LogP contribution in [-0.4, -0.2) is 84.5 Å². The van der Waals surface area contributed by atoms with Gasteiger partial charge in [-0.05, 0) is 18.2 Å². The van der Waals surface area contributed by atoms with E-state index in [9.17, 15) is 19.8 Å². The van der Waals surface area contributed by atoms with Crippen LogP contribution in [0.3, 0.4) is 0 Å². The number of nitrogens with one attached hydrogen (secondary N) is 2. The van der Waals surface area contributed by atoms with Gasteiger partial charge in [0.05, 0.1) is 30.6 Å². The number of ketones is 2. The van der Waals surface area contributed by atoms with Crippen LogP contribution in [0.1, 0.15) is 20.7 Å². The maximum absolute atomic E-state index is 13.4. The van der Waals surface area contributed by atoms with Crippen molar-refractivity contribution in [3.8, 4) is 0 Å². The smallest absolute Gasteiger partial charge is 0.177 e. The van der Waals surface area contributed by atoms with Gasteiger partial charge in [-0.1, -0.05) is 12.1 Å². The average Bonchev–Trinajstić information content (AvgIpc) is 2.77. The van der Waals surface area contributed by atoms with E-state index >= 15 is 0 Å². The number of nitrogens with zero attached hydrogens (tertiary/aromatic N) is 1. The van der Waals surface area contributed by atoms with Crippen molar-refractivity contribution in [1.82, 2.24) is 10.6 Å². The lowest BCUT2D eigenvalue weighted by Gasteiger charge is -2.35. The maximum Gasteiger partial charge on any atom is 0.177 e. The van der Waals surface area contributed by atoms with Crippen LogP contribution in [0.2, 0.25) is 0 Å². The zero-order valence-corrected chi connectivity index (χ0v) is 17.3. The van der Waals surface area contributed by atoms with E-state index in [0.29, 0.717) is 45.0 Å². The highest BCUT2D eigenvalue weighted by Gasteiger charge is 2.48. The van der Waals surface area contributed by atoms with Crippen molar-refractivity contribution < 1.29 is 30.0 Å². The number of carbonyl (C=O) groups is 2. The van der Waals surface area contributed by atoms with E-state index in [1.165, 1.54) is 12.2 Å². The number of Topliss-reactive ketones (excluding diaryl/α,β-unsaturated/α-hetero) is 2. The number of aliphatic hydroxyl groups excluding tert-OH is 4. The van der Waals surface area contributed by atoms with Crippen LogP contribution in [0.25, 0.3) is 0 Å². The number of benzene rings is 1. The lowest BCUT2D eigenvalue weighted by atomic mass is 9.70. The van der Waals surface area contributed by atoms with Crippen LogP contribution >= 0.6 is 0 Å². The van der Waals surface area contributed by atoms with Crippen molar-refractivity contribution >= 4 is 17.3 Å². The minimum Gasteiger partial charge on any atom is -0.511 e. The van der Waals surface area contributed by atoms with Crippen LogP contribution in [0, 0.1) is 11.8 Å². The molecule has 0 aliphatic heterocycles. The summed E-state index contributed by atoms with van der Waals surface area (Å²) in [6, 6.07) is 5.04. The fourth-order valence-corrected chi connectivity index (χ4v) is 4.07. The molecule has 0 radical (unpaired) electrons. The van der Waals surface area contributed by atoms with Crippen LogP contribution < -0.4 is 15.5 Å². The molecular formula is C22H29N3O6. The molecular weight excluding hydrogens is 402 g/mol. The summed E-state index contributed by atoms with van der Waals surface area (Å²) in [5, 5.41) is 44.7. The number of carbonyl (C=O) groups excluding carboxylic acids is 2. The van der Waals surface area contributed by atoms with Gasteiger partial charge in [-0.15, -0.1) is 0 Å². The minimum absolute atomic E-state index is 0.0114. The molecule has 0 aromatic heterocycles. The third-order valence-electron chi connectivity index (χ3n) is 5.55. The largest absolute Gasteiger partial charge is 0.511 e. The number of allylic oxidation sites excluding steroid dienone is 4. The second-order valence-corrected chi connectivity index (χ2v) is 7.50. The number of anilines is 1. The first-order valence-corrected chi connectivity index (χ1v) is 10.4. The van der Waals surface area contributed by atoms with E-state index < -0.39 is 23.4 Å². The molecule has 2 aliphatic rings. The molecule has 0 bridgehead atoms. The molecule has 0 fully saturated rings. The van der Waals surface area contributed by atoms with E-state index in [2.05, 4.69) is 10.6 Å². The molecule has 168 valence electrons. The molecule has 9 nitrogen and oxygen atoms in total. The third-order valence-corrected chi connectivity index (χ3v) is 5.55. The molecule has 0 saturated carbocycles. The summed E-state index contributed by atoms with van der Waals surface area (Å²) in [7, 11) is 0. The number of fused-ring (bicyclic) bond motifs is 2. The van der Waals surface area contributed by atoms with Crippen molar-refractivity contribution in [3.63, 3.8) is 0 Å². The highest BCUT2D eigenvalue weighted by Crippen LogP contribution is 2.42. The van der Waals surface area contributed by atoms with Gasteiger partial charge < -0.3 is 36.0 Å². The summed E-state index contributed by atoms with van der Waals surface area (Å²) in [4.78, 5) is 28.5. The predicted octanol–water partition coefficient (Wildman–Crippen LogP) is 0.166. The first-order chi connectivity index (χ1) is 15.0. The van der Waals surface area contributed by atoms with Gasteiger partial charge in [0, 0.05) is 50.5 Å². The van der Waals surface area contributed by atoms with Crippen molar-refractivity contribution in [1.29, 1.82) is 0 Å². The molecule has 0 heterocycles. The SMILES string of the molecule is O=C1c2cccc(N(CCNCCO)CCNCCO)c2C(=O)C2C(O)=CC=C(O)C12. The Balaban J connectivity index is 1.95. The van der Waals surface area contributed by atoms with Gasteiger partial charge in [-0.2, -0.15) is 0 Å². The molecule has 31 heavy (non-hydrogen) atoms. The van der Waals surface area contributed by atoms with Crippen molar-refractivity contribution in [2.24, 2.45) is 11.8 Å². The highest BCUT2D eigenvalue weighted by molar-refractivity contribution is 6.20. The van der Waals surface area contributed by atoms with Gasteiger partial charge in [0.25, 0.3) is 0 Å². The van der Waals surface area contributed by atoms with E-state index in [1.807, 2.05) is 4.90 Å². The number of hydrogen-bond donors (Lipinski definition) is 6. The maximum atomic E-state index is 13.4. The van der Waals surface area contributed by atoms with Crippen molar-refractivity contribution in [2.75, 3.05) is 57.4 Å². The van der Waals surface area contributed by atoms with Crippen molar-refractivity contribution in [2.45, 2.75) is 0 Å². The summed E-state index contributed by atoms with van der Waals surface area (Å²) >= 11 is 0. The number of aliphatic hydroxyl groups is 4. The monoisotopic (exact) mass is 431 g/mol. The topological polar surface area (TPSA) is 142 Å². The fourth-order valence-electron chi connectivity index (χ4n) is 4.07. The Morgan fingerprint density at radius 2 is 1.35 bits per heavy atom. The van der Waals surface area contributed by atoms with E-state index in [0.717, 1.165) is 0 Å². The van der Waals surface area contributed by atoms with Gasteiger partial charge in [0.15, 0.2) is 11.6 Å². The fraction of sp³-hybridized carbons (Fsp3) is 0.455. The van der Waals surface area contributed by atoms with Gasteiger partial charge in [-0.3, -0.25) is 9.59 Å². The van der Waals surface area contributed by atoms with Crippen LogP contribution in [0.15, 0.2) is 41.9 Å². The Morgan fingerprint density at radius 1 is 0.806 bits per heavy atom. The van der Waals surface area contributed by atoms with E-state index in [4.69, 9.17) is 10.2 Å². The van der Waals surface area contributed by atoms with E-state index in [-0.39, 0.29) is 35.9 Å². The molecule has 9 heteroatoms. The first kappa shape index (κ1) is 23.0. The number of hydrogen-bond acceptors (Lipinski definition) is 9. The Labute approximate surface area is 180 Å². The Morgan fingerprint density at radius 3 is 1.90 bits per heavy atom. The zero-order chi connectivity index (χ0) is 22.4. The molecule has 1 aromatic rings. The molecule has 0 amide bonds. The summed E-state index contributed by atoms with van der Waals surface area (Å²) in [5.74, 6) is -3.50. The molecule has 2 aliphatic carbocycles. The molecule has 0 spiro atoms. The Bertz CT molecular complexity index is 870. The van der Waals surface area contributed by atoms with Crippen LogP contribution in [0.4, 0.5) is 5.69 Å². The van der Waals surface area contributed by atoms with Crippen LogP contribution in [0.5, 0.6) is 0 Å². The molecule has 3 rings (SSSR count). The second-order valence-electron chi connectivity index (χ2n) is 7.50. The van der Waals surface area contributed by atoms with Crippen molar-refractivity contribution in [3.05, 3.63) is 53.0 Å². The second kappa shape index (κ2) is 10.5. The van der Waals surface area contributed by atoms with Gasteiger partial charge in [0.1, 0.15) is 11.5 Å². The quantitative estimate of drug-likeness (QED) is 0.270. The summed E-state index contributed by atoms with van der Waals surface area (Å²) in [6.07, 6.45) is 2.51. The van der Waals surface area contributed by atoms with E-state index in [1.54, 1.807) is 18.2 Å². The molecule has 0 saturated heterocycles. The number of rotatable bonds is 11.